The Hall–Kier alpha value is -1.64. The fourth-order valence-electron chi connectivity index (χ4n) is 2.50. The normalized spacial score (nSPS) is 15.2. The van der Waals surface area contributed by atoms with Crippen LogP contribution in [0.3, 0.4) is 0 Å². The van der Waals surface area contributed by atoms with Crippen LogP contribution in [0.1, 0.15) is 36.0 Å². The molecular weight excluding hydrogens is 356 g/mol. The van der Waals surface area contributed by atoms with E-state index < -0.39 is 22.6 Å². The van der Waals surface area contributed by atoms with Gasteiger partial charge in [-0.2, -0.15) is 0 Å². The van der Waals surface area contributed by atoms with E-state index in [1.165, 1.54) is 19.2 Å². The smallest absolute Gasteiger partial charge is 0.338 e. The van der Waals surface area contributed by atoms with Crippen LogP contribution >= 0.6 is 11.6 Å². The zero-order valence-corrected chi connectivity index (χ0v) is 14.7. The largest absolute Gasteiger partial charge is 0.452 e. The number of benzene rings is 1. The van der Waals surface area contributed by atoms with E-state index in [-0.39, 0.29) is 27.4 Å². The summed E-state index contributed by atoms with van der Waals surface area (Å²) in [5.41, 5.74) is 0.00175. The molecule has 2 N–H and O–H groups in total. The van der Waals surface area contributed by atoms with Crippen LogP contribution in [0.15, 0.2) is 23.1 Å². The predicted molar refractivity (Wildman–Crippen MR) is 88.4 cm³/mol. The minimum atomic E-state index is -3.80. The molecule has 1 fully saturated rings. The first-order chi connectivity index (χ1) is 11.3. The van der Waals surface area contributed by atoms with Crippen molar-refractivity contribution in [3.05, 3.63) is 28.8 Å². The van der Waals surface area contributed by atoms with Crippen molar-refractivity contribution >= 4 is 33.5 Å². The molecule has 0 radical (unpaired) electrons. The minimum absolute atomic E-state index is 0.00175. The number of amides is 1. The molecule has 9 heteroatoms. The number of nitrogens with one attached hydrogen (secondary N) is 2. The van der Waals surface area contributed by atoms with Crippen molar-refractivity contribution in [2.24, 2.45) is 0 Å². The number of halogens is 1. The Kier molecular flexibility index (Phi) is 6.20. The van der Waals surface area contributed by atoms with Gasteiger partial charge < -0.3 is 10.1 Å². The lowest BCUT2D eigenvalue weighted by Crippen LogP contribution is -2.35. The summed E-state index contributed by atoms with van der Waals surface area (Å²) in [6.45, 7) is -0.411. The Labute approximate surface area is 145 Å². The highest BCUT2D eigenvalue weighted by molar-refractivity contribution is 7.89. The second-order valence-electron chi connectivity index (χ2n) is 5.48. The number of ether oxygens (including phenoxy) is 1. The highest BCUT2D eigenvalue weighted by atomic mass is 35.5. The van der Waals surface area contributed by atoms with Gasteiger partial charge in [0.15, 0.2) is 6.61 Å². The van der Waals surface area contributed by atoms with Crippen LogP contribution in [-0.2, 0) is 19.6 Å². The van der Waals surface area contributed by atoms with Gasteiger partial charge in [0.2, 0.25) is 10.0 Å². The van der Waals surface area contributed by atoms with Crippen LogP contribution in [0.2, 0.25) is 5.02 Å². The first kappa shape index (κ1) is 18.7. The summed E-state index contributed by atoms with van der Waals surface area (Å²) in [5, 5.41) is 2.78. The molecule has 1 aliphatic carbocycles. The second kappa shape index (κ2) is 7.96. The molecule has 1 aromatic rings. The van der Waals surface area contributed by atoms with E-state index in [0.29, 0.717) is 0 Å². The van der Waals surface area contributed by atoms with Gasteiger partial charge in [-0.15, -0.1) is 0 Å². The Balaban J connectivity index is 1.99. The molecule has 0 aromatic heterocycles. The molecule has 7 nitrogen and oxygen atoms in total. The number of esters is 1. The highest BCUT2D eigenvalue weighted by Gasteiger charge is 2.21. The third kappa shape index (κ3) is 4.68. The second-order valence-corrected chi connectivity index (χ2v) is 7.74. The summed E-state index contributed by atoms with van der Waals surface area (Å²) in [5.74, 6) is -1.16. The van der Waals surface area contributed by atoms with Crippen molar-refractivity contribution in [3.8, 4) is 0 Å². The molecule has 0 saturated heterocycles. The molecule has 1 saturated carbocycles. The molecular formula is C15H19ClN2O5S. The van der Waals surface area contributed by atoms with E-state index in [1.807, 2.05) is 0 Å². The van der Waals surface area contributed by atoms with Gasteiger partial charge >= 0.3 is 5.97 Å². The number of hydrogen-bond acceptors (Lipinski definition) is 5. The maximum absolute atomic E-state index is 12.0. The predicted octanol–water partition coefficient (Wildman–Crippen LogP) is 1.46. The van der Waals surface area contributed by atoms with Crippen LogP contribution in [0, 0.1) is 0 Å². The monoisotopic (exact) mass is 374 g/mol. The van der Waals surface area contributed by atoms with Crippen molar-refractivity contribution in [2.45, 2.75) is 36.6 Å². The first-order valence-corrected chi connectivity index (χ1v) is 9.39. The molecule has 24 heavy (non-hydrogen) atoms. The molecule has 1 aromatic carbocycles. The number of rotatable bonds is 6. The van der Waals surface area contributed by atoms with E-state index in [4.69, 9.17) is 16.3 Å². The van der Waals surface area contributed by atoms with Crippen LogP contribution in [0.25, 0.3) is 0 Å². The van der Waals surface area contributed by atoms with Crippen LogP contribution in [0.4, 0.5) is 0 Å². The van der Waals surface area contributed by atoms with Crippen LogP contribution in [0.5, 0.6) is 0 Å². The van der Waals surface area contributed by atoms with Crippen molar-refractivity contribution in [2.75, 3.05) is 13.7 Å². The molecule has 132 valence electrons. The number of sulfonamides is 1. The lowest BCUT2D eigenvalue weighted by molar-refractivity contribution is -0.124. The van der Waals surface area contributed by atoms with E-state index >= 15 is 0 Å². The molecule has 0 bridgehead atoms. The van der Waals surface area contributed by atoms with Crippen molar-refractivity contribution in [1.29, 1.82) is 0 Å². The minimum Gasteiger partial charge on any atom is -0.452 e. The van der Waals surface area contributed by atoms with Gasteiger partial charge in [0.25, 0.3) is 5.91 Å². The van der Waals surface area contributed by atoms with Gasteiger partial charge in [-0.05, 0) is 38.1 Å². The quantitative estimate of drug-likeness (QED) is 0.734. The van der Waals surface area contributed by atoms with E-state index in [9.17, 15) is 18.0 Å². The fraction of sp³-hybridized carbons (Fsp3) is 0.467. The van der Waals surface area contributed by atoms with Crippen molar-refractivity contribution in [1.82, 2.24) is 10.0 Å². The fourth-order valence-corrected chi connectivity index (χ4v) is 3.75. The van der Waals surface area contributed by atoms with Gasteiger partial charge in [0.05, 0.1) is 10.6 Å². The molecule has 0 aliphatic heterocycles. The third-order valence-corrected chi connectivity index (χ3v) is 5.68. The average Bonchev–Trinajstić information content (AvgIpc) is 3.05. The average molecular weight is 375 g/mol. The number of carbonyl (C=O) groups is 2. The zero-order valence-electron chi connectivity index (χ0n) is 13.2. The van der Waals surface area contributed by atoms with E-state index in [1.54, 1.807) is 0 Å². The summed E-state index contributed by atoms with van der Waals surface area (Å²) in [4.78, 5) is 23.5. The summed E-state index contributed by atoms with van der Waals surface area (Å²) in [6.07, 6.45) is 4.03. The summed E-state index contributed by atoms with van der Waals surface area (Å²) >= 11 is 5.85. The SMILES string of the molecule is CNS(=O)(=O)c1cc(C(=O)OCC(=O)NC2CCCC2)ccc1Cl. The maximum Gasteiger partial charge on any atom is 0.338 e. The Morgan fingerprint density at radius 1 is 1.29 bits per heavy atom. The molecule has 1 aliphatic rings. The Morgan fingerprint density at radius 3 is 2.58 bits per heavy atom. The third-order valence-electron chi connectivity index (χ3n) is 3.78. The van der Waals surface area contributed by atoms with Crippen molar-refractivity contribution in [3.63, 3.8) is 0 Å². The molecule has 2 rings (SSSR count). The van der Waals surface area contributed by atoms with Gasteiger partial charge in [-0.25, -0.2) is 17.9 Å². The van der Waals surface area contributed by atoms with Gasteiger partial charge in [0.1, 0.15) is 4.90 Å². The topological polar surface area (TPSA) is 102 Å². The lowest BCUT2D eigenvalue weighted by atomic mass is 10.2. The van der Waals surface area contributed by atoms with Gasteiger partial charge in [0, 0.05) is 6.04 Å². The number of hydrogen-bond donors (Lipinski definition) is 2. The van der Waals surface area contributed by atoms with E-state index in [0.717, 1.165) is 31.7 Å². The Bertz CT molecular complexity index is 729. The first-order valence-electron chi connectivity index (χ1n) is 7.53. The molecule has 0 heterocycles. The van der Waals surface area contributed by atoms with Crippen molar-refractivity contribution < 1.29 is 22.7 Å². The molecule has 1 amide bonds. The summed E-state index contributed by atoms with van der Waals surface area (Å²) in [7, 11) is -2.56. The van der Waals surface area contributed by atoms with Gasteiger partial charge in [-0.3, -0.25) is 4.79 Å². The highest BCUT2D eigenvalue weighted by Crippen LogP contribution is 2.23. The van der Waals surface area contributed by atoms with Gasteiger partial charge in [-0.1, -0.05) is 24.4 Å². The van der Waals surface area contributed by atoms with Crippen LogP contribution < -0.4 is 10.0 Å². The zero-order chi connectivity index (χ0) is 17.7. The standard InChI is InChI=1S/C15H19ClN2O5S/c1-17-24(21,22)13-8-10(6-7-12(13)16)15(20)23-9-14(19)18-11-4-2-3-5-11/h6-8,11,17H,2-5,9H2,1H3,(H,18,19). The molecule has 0 atom stereocenters. The molecule has 0 unspecified atom stereocenters. The van der Waals surface area contributed by atoms with Crippen LogP contribution in [-0.4, -0.2) is 40.0 Å². The summed E-state index contributed by atoms with van der Waals surface area (Å²) < 4.78 is 30.7. The summed E-state index contributed by atoms with van der Waals surface area (Å²) in [6, 6.07) is 3.89. The maximum atomic E-state index is 12.0. The molecule has 0 spiro atoms. The Morgan fingerprint density at radius 2 is 1.96 bits per heavy atom. The van der Waals surface area contributed by atoms with E-state index in [2.05, 4.69) is 10.0 Å². The number of carbonyl (C=O) groups excluding carboxylic acids is 2. The lowest BCUT2D eigenvalue weighted by Gasteiger charge is -2.12.